The fourth-order valence-electron chi connectivity index (χ4n) is 2.68. The highest BCUT2D eigenvalue weighted by Crippen LogP contribution is 2.22. The summed E-state index contributed by atoms with van der Waals surface area (Å²) in [7, 11) is -3.89. The maximum Gasteiger partial charge on any atom is 0.261 e. The van der Waals surface area contributed by atoms with Crippen LogP contribution in [0.3, 0.4) is 0 Å². The van der Waals surface area contributed by atoms with Crippen LogP contribution in [-0.2, 0) is 16.6 Å². The number of carbonyl (C=O) groups is 1. The highest BCUT2D eigenvalue weighted by molar-refractivity contribution is 7.92. The summed E-state index contributed by atoms with van der Waals surface area (Å²) in [6, 6.07) is 15.7. The van der Waals surface area contributed by atoms with Crippen LogP contribution in [-0.4, -0.2) is 25.9 Å². The van der Waals surface area contributed by atoms with Gasteiger partial charge in [-0.25, -0.2) is 13.4 Å². The van der Waals surface area contributed by atoms with Gasteiger partial charge in [0.1, 0.15) is 0 Å². The largest absolute Gasteiger partial charge is 0.478 e. The number of hydrogen-bond acceptors (Lipinski definition) is 5. The first-order valence-corrected chi connectivity index (χ1v) is 11.0. The molecule has 2 N–H and O–H groups in total. The summed E-state index contributed by atoms with van der Waals surface area (Å²) in [5, 5.41) is 3.20. The van der Waals surface area contributed by atoms with Gasteiger partial charge in [0.15, 0.2) is 0 Å². The normalized spacial score (nSPS) is 11.0. The molecule has 1 amide bonds. The van der Waals surface area contributed by atoms with Crippen LogP contribution in [0.4, 0.5) is 5.69 Å². The summed E-state index contributed by atoms with van der Waals surface area (Å²) in [5.74, 6) is 0.00716. The Hall–Kier alpha value is -3.10. The molecule has 0 aliphatic heterocycles. The Labute approximate surface area is 180 Å². The van der Waals surface area contributed by atoms with Crippen molar-refractivity contribution in [3.05, 3.63) is 83.0 Å². The molecule has 0 spiro atoms. The van der Waals surface area contributed by atoms with Gasteiger partial charge in [-0.3, -0.25) is 9.52 Å². The first kappa shape index (κ1) is 21.6. The van der Waals surface area contributed by atoms with Crippen LogP contribution >= 0.6 is 11.6 Å². The molecule has 0 radical (unpaired) electrons. The standard InChI is InChI=1S/C21H20ClN3O4S/c1-2-29-21-15(6-5-13-23-21)14-24-20(26)18-7-3-4-8-19(18)25-30(27,28)17-11-9-16(22)10-12-17/h3-13,25H,2,14H2,1H3,(H,24,26). The number of halogens is 1. The van der Waals surface area contributed by atoms with Crippen molar-refractivity contribution in [2.24, 2.45) is 0 Å². The summed E-state index contributed by atoms with van der Waals surface area (Å²) in [4.78, 5) is 16.9. The van der Waals surface area contributed by atoms with Crippen LogP contribution in [0.1, 0.15) is 22.8 Å². The SMILES string of the molecule is CCOc1ncccc1CNC(=O)c1ccccc1NS(=O)(=O)c1ccc(Cl)cc1. The zero-order valence-electron chi connectivity index (χ0n) is 16.1. The Morgan fingerprint density at radius 2 is 1.80 bits per heavy atom. The number of pyridine rings is 1. The molecule has 156 valence electrons. The lowest BCUT2D eigenvalue weighted by atomic mass is 10.1. The summed E-state index contributed by atoms with van der Waals surface area (Å²) in [6.07, 6.45) is 1.61. The van der Waals surface area contributed by atoms with Crippen molar-refractivity contribution < 1.29 is 17.9 Å². The van der Waals surface area contributed by atoms with E-state index in [2.05, 4.69) is 15.0 Å². The zero-order valence-corrected chi connectivity index (χ0v) is 17.7. The van der Waals surface area contributed by atoms with Crippen molar-refractivity contribution in [3.63, 3.8) is 0 Å². The number of hydrogen-bond donors (Lipinski definition) is 2. The predicted octanol–water partition coefficient (Wildman–Crippen LogP) is 3.86. The van der Waals surface area contributed by atoms with E-state index in [1.807, 2.05) is 6.92 Å². The lowest BCUT2D eigenvalue weighted by molar-refractivity contribution is 0.0951. The van der Waals surface area contributed by atoms with E-state index in [-0.39, 0.29) is 22.7 Å². The minimum Gasteiger partial charge on any atom is -0.478 e. The molecule has 0 aliphatic rings. The zero-order chi connectivity index (χ0) is 21.6. The van der Waals surface area contributed by atoms with E-state index in [9.17, 15) is 13.2 Å². The van der Waals surface area contributed by atoms with Gasteiger partial charge in [0.25, 0.3) is 15.9 Å². The van der Waals surface area contributed by atoms with Gasteiger partial charge in [-0.15, -0.1) is 0 Å². The number of para-hydroxylation sites is 1. The number of aromatic nitrogens is 1. The summed E-state index contributed by atoms with van der Waals surface area (Å²) < 4.78 is 33.3. The van der Waals surface area contributed by atoms with Gasteiger partial charge < -0.3 is 10.1 Å². The average molecular weight is 446 g/mol. The molecule has 1 heterocycles. The number of rotatable bonds is 8. The lowest BCUT2D eigenvalue weighted by Crippen LogP contribution is -2.25. The second kappa shape index (κ2) is 9.60. The Bertz CT molecular complexity index is 1130. The number of nitrogens with zero attached hydrogens (tertiary/aromatic N) is 1. The number of amides is 1. The fourth-order valence-corrected chi connectivity index (χ4v) is 3.89. The Balaban J connectivity index is 1.78. The molecular weight excluding hydrogens is 426 g/mol. The molecule has 1 aromatic heterocycles. The predicted molar refractivity (Wildman–Crippen MR) is 115 cm³/mol. The third-order valence-electron chi connectivity index (χ3n) is 4.11. The van der Waals surface area contributed by atoms with Crippen LogP contribution in [0.5, 0.6) is 5.88 Å². The van der Waals surface area contributed by atoms with Crippen LogP contribution in [0.15, 0.2) is 71.8 Å². The molecular formula is C21H20ClN3O4S. The number of nitrogens with one attached hydrogen (secondary N) is 2. The second-order valence-electron chi connectivity index (χ2n) is 6.19. The summed E-state index contributed by atoms with van der Waals surface area (Å²) >= 11 is 5.82. The van der Waals surface area contributed by atoms with Gasteiger partial charge >= 0.3 is 0 Å². The topological polar surface area (TPSA) is 97.4 Å². The molecule has 3 rings (SSSR count). The molecule has 0 unspecified atom stereocenters. The molecule has 3 aromatic rings. The number of anilines is 1. The van der Waals surface area contributed by atoms with Gasteiger partial charge in [-0.1, -0.05) is 29.8 Å². The minimum atomic E-state index is -3.89. The van der Waals surface area contributed by atoms with Crippen molar-refractivity contribution in [2.75, 3.05) is 11.3 Å². The molecule has 30 heavy (non-hydrogen) atoms. The van der Waals surface area contributed by atoms with Crippen molar-refractivity contribution in [2.45, 2.75) is 18.4 Å². The molecule has 0 saturated heterocycles. The highest BCUT2D eigenvalue weighted by atomic mass is 35.5. The highest BCUT2D eigenvalue weighted by Gasteiger charge is 2.19. The van der Waals surface area contributed by atoms with Gasteiger partial charge in [0.2, 0.25) is 5.88 Å². The van der Waals surface area contributed by atoms with E-state index in [1.165, 1.54) is 30.3 Å². The van der Waals surface area contributed by atoms with Crippen molar-refractivity contribution in [3.8, 4) is 5.88 Å². The van der Waals surface area contributed by atoms with Gasteiger partial charge in [0, 0.05) is 23.3 Å². The second-order valence-corrected chi connectivity index (χ2v) is 8.31. The van der Waals surface area contributed by atoms with E-state index in [4.69, 9.17) is 16.3 Å². The fraction of sp³-hybridized carbons (Fsp3) is 0.143. The Kier molecular flexibility index (Phi) is 6.91. The van der Waals surface area contributed by atoms with Crippen molar-refractivity contribution in [1.29, 1.82) is 0 Å². The molecule has 7 nitrogen and oxygen atoms in total. The Morgan fingerprint density at radius 3 is 2.53 bits per heavy atom. The van der Waals surface area contributed by atoms with Crippen molar-refractivity contribution >= 4 is 33.2 Å². The minimum absolute atomic E-state index is 0.0406. The average Bonchev–Trinajstić information content (AvgIpc) is 2.73. The first-order chi connectivity index (χ1) is 14.4. The van der Waals surface area contributed by atoms with E-state index < -0.39 is 15.9 Å². The molecule has 0 bridgehead atoms. The molecule has 0 fully saturated rings. The summed E-state index contributed by atoms with van der Waals surface area (Å²) in [6.45, 7) is 2.48. The number of carbonyl (C=O) groups excluding carboxylic acids is 1. The van der Waals surface area contributed by atoms with Crippen LogP contribution in [0.2, 0.25) is 5.02 Å². The molecule has 9 heteroatoms. The smallest absolute Gasteiger partial charge is 0.261 e. The van der Waals surface area contributed by atoms with E-state index >= 15 is 0 Å². The molecule has 0 atom stereocenters. The molecule has 0 aliphatic carbocycles. The first-order valence-electron chi connectivity index (χ1n) is 9.13. The monoisotopic (exact) mass is 445 g/mol. The third-order valence-corrected chi connectivity index (χ3v) is 5.74. The number of sulfonamides is 1. The Morgan fingerprint density at radius 1 is 1.07 bits per heavy atom. The third kappa shape index (κ3) is 5.28. The van der Waals surface area contributed by atoms with Gasteiger partial charge in [-0.05, 0) is 49.4 Å². The maximum absolute atomic E-state index is 12.8. The quantitative estimate of drug-likeness (QED) is 0.548. The van der Waals surface area contributed by atoms with Crippen LogP contribution in [0.25, 0.3) is 0 Å². The summed E-state index contributed by atoms with van der Waals surface area (Å²) in [5.41, 5.74) is 1.07. The van der Waals surface area contributed by atoms with E-state index in [0.717, 1.165) is 0 Å². The number of benzene rings is 2. The van der Waals surface area contributed by atoms with Gasteiger partial charge in [-0.2, -0.15) is 0 Å². The van der Waals surface area contributed by atoms with E-state index in [1.54, 1.807) is 36.5 Å². The van der Waals surface area contributed by atoms with Gasteiger partial charge in [0.05, 0.1) is 22.8 Å². The van der Waals surface area contributed by atoms with E-state index in [0.29, 0.717) is 23.1 Å². The van der Waals surface area contributed by atoms with Crippen LogP contribution < -0.4 is 14.8 Å². The maximum atomic E-state index is 12.8. The van der Waals surface area contributed by atoms with Crippen molar-refractivity contribution in [1.82, 2.24) is 10.3 Å². The van der Waals surface area contributed by atoms with Crippen LogP contribution in [0, 0.1) is 0 Å². The lowest BCUT2D eigenvalue weighted by Gasteiger charge is -2.14. The molecule has 0 saturated carbocycles. The number of ether oxygens (including phenoxy) is 1. The molecule has 2 aromatic carbocycles.